The van der Waals surface area contributed by atoms with Crippen LogP contribution in [-0.4, -0.2) is 127 Å². The van der Waals surface area contributed by atoms with E-state index in [1.165, 1.54) is 23.9 Å². The number of aliphatic hydroxyl groups is 6. The molecule has 12 heteroatoms. The molecular formula is C14H28N2O10. The van der Waals surface area contributed by atoms with Crippen LogP contribution in [0.2, 0.25) is 0 Å². The lowest BCUT2D eigenvalue weighted by Crippen LogP contribution is -2.54. The van der Waals surface area contributed by atoms with Gasteiger partial charge in [-0.05, 0) is 14.1 Å². The van der Waals surface area contributed by atoms with E-state index in [1.807, 2.05) is 0 Å². The van der Waals surface area contributed by atoms with Gasteiger partial charge in [-0.3, -0.25) is 19.4 Å². The van der Waals surface area contributed by atoms with E-state index in [1.54, 1.807) is 0 Å². The number of likely N-dealkylation sites (N-methyl/N-ethyl adjacent to an activating group) is 2. The minimum absolute atomic E-state index is 0.000934. The molecule has 0 radical (unpaired) electrons. The zero-order valence-electron chi connectivity index (χ0n) is 14.6. The second kappa shape index (κ2) is 11.4. The highest BCUT2D eigenvalue weighted by atomic mass is 16.5. The number of carboxylic acid groups (broad SMARTS) is 2. The fraction of sp³-hybridized carbons (Fsp3) is 0.857. The molecule has 26 heavy (non-hydrogen) atoms. The minimum Gasteiger partial charge on any atom is -0.481 e. The Bertz CT molecular complexity index is 447. The fourth-order valence-corrected chi connectivity index (χ4v) is 2.62. The molecular weight excluding hydrogens is 356 g/mol. The van der Waals surface area contributed by atoms with Crippen LogP contribution < -0.4 is 0 Å². The number of aliphatic carboxylic acids is 2. The number of hydrogen-bond acceptors (Lipinski definition) is 10. The summed E-state index contributed by atoms with van der Waals surface area (Å²) in [5.41, 5.74) is 0. The van der Waals surface area contributed by atoms with Gasteiger partial charge in [0.15, 0.2) is 12.6 Å². The topological polar surface area (TPSA) is 202 Å². The highest BCUT2D eigenvalue weighted by Crippen LogP contribution is 2.13. The highest BCUT2D eigenvalue weighted by Gasteiger charge is 2.34. The molecule has 0 bridgehead atoms. The van der Waals surface area contributed by atoms with Gasteiger partial charge in [0.05, 0.1) is 24.7 Å². The maximum atomic E-state index is 11.3. The Morgan fingerprint density at radius 1 is 0.846 bits per heavy atom. The molecule has 0 fully saturated rings. The fourth-order valence-electron chi connectivity index (χ4n) is 2.62. The van der Waals surface area contributed by atoms with Crippen LogP contribution in [0, 0.1) is 0 Å². The predicted molar refractivity (Wildman–Crippen MR) is 85.8 cm³/mol. The van der Waals surface area contributed by atoms with E-state index in [4.69, 9.17) is 15.3 Å². The van der Waals surface area contributed by atoms with Crippen LogP contribution in [0.25, 0.3) is 0 Å². The van der Waals surface area contributed by atoms with Gasteiger partial charge in [-0.25, -0.2) is 0 Å². The average Bonchev–Trinajstić information content (AvgIpc) is 2.42. The Hall–Kier alpha value is -1.38. The van der Waals surface area contributed by atoms with E-state index in [0.29, 0.717) is 0 Å². The number of aliphatic hydroxyl groups excluding tert-OH is 4. The summed E-state index contributed by atoms with van der Waals surface area (Å²) < 4.78 is 0. The Morgan fingerprint density at radius 3 is 1.73 bits per heavy atom. The lowest BCUT2D eigenvalue weighted by atomic mass is 10.0. The first-order valence-corrected chi connectivity index (χ1v) is 7.81. The molecule has 0 aromatic heterocycles. The zero-order valence-corrected chi connectivity index (χ0v) is 14.6. The van der Waals surface area contributed by atoms with Gasteiger partial charge in [0.25, 0.3) is 0 Å². The second-order valence-electron chi connectivity index (χ2n) is 6.10. The molecule has 0 heterocycles. The van der Waals surface area contributed by atoms with Gasteiger partial charge in [0.2, 0.25) is 0 Å². The largest absolute Gasteiger partial charge is 0.481 e. The van der Waals surface area contributed by atoms with Crippen molar-refractivity contribution in [2.45, 2.75) is 49.7 Å². The van der Waals surface area contributed by atoms with E-state index in [9.17, 15) is 35.1 Å². The van der Waals surface area contributed by atoms with Crippen LogP contribution in [0.4, 0.5) is 0 Å². The summed E-state index contributed by atoms with van der Waals surface area (Å²) in [6.07, 6.45) is -8.30. The second-order valence-corrected chi connectivity index (χ2v) is 6.10. The number of nitrogens with zero attached hydrogens (tertiary/aromatic N) is 2. The molecule has 0 saturated heterocycles. The number of carbonyl (C=O) groups is 2. The summed E-state index contributed by atoms with van der Waals surface area (Å²) in [4.78, 5) is 24.4. The molecule has 8 N–H and O–H groups in total. The van der Waals surface area contributed by atoms with E-state index in [-0.39, 0.29) is 13.1 Å². The third-order valence-corrected chi connectivity index (χ3v) is 3.94. The Kier molecular flexibility index (Phi) is 10.8. The van der Waals surface area contributed by atoms with Crippen molar-refractivity contribution in [3.05, 3.63) is 0 Å². The summed E-state index contributed by atoms with van der Waals surface area (Å²) in [5, 5.41) is 74.1. The molecule has 0 rings (SSSR count). The van der Waals surface area contributed by atoms with E-state index >= 15 is 0 Å². The lowest BCUT2D eigenvalue weighted by Gasteiger charge is -2.35. The Morgan fingerprint density at radius 2 is 1.35 bits per heavy atom. The van der Waals surface area contributed by atoms with Gasteiger partial charge in [0, 0.05) is 19.5 Å². The molecule has 0 aliphatic carbocycles. The first-order valence-electron chi connectivity index (χ1n) is 7.81. The summed E-state index contributed by atoms with van der Waals surface area (Å²) in [6, 6.07) is -2.78. The molecule has 4 atom stereocenters. The van der Waals surface area contributed by atoms with Gasteiger partial charge >= 0.3 is 11.9 Å². The Balaban J connectivity index is 4.93. The first kappa shape index (κ1) is 24.6. The van der Waals surface area contributed by atoms with Crippen molar-refractivity contribution in [3.63, 3.8) is 0 Å². The molecule has 4 unspecified atom stereocenters. The summed E-state index contributed by atoms with van der Waals surface area (Å²) in [7, 11) is 2.74. The van der Waals surface area contributed by atoms with Crippen LogP contribution in [-0.2, 0) is 9.59 Å². The van der Waals surface area contributed by atoms with Crippen molar-refractivity contribution in [3.8, 4) is 0 Å². The summed E-state index contributed by atoms with van der Waals surface area (Å²) >= 11 is 0. The minimum atomic E-state index is -2.01. The molecule has 0 amide bonds. The molecule has 0 spiro atoms. The maximum absolute atomic E-state index is 11.3. The quantitative estimate of drug-likeness (QED) is 0.143. The van der Waals surface area contributed by atoms with Gasteiger partial charge in [-0.15, -0.1) is 0 Å². The van der Waals surface area contributed by atoms with Gasteiger partial charge < -0.3 is 40.9 Å². The van der Waals surface area contributed by atoms with Crippen molar-refractivity contribution < 1.29 is 50.4 Å². The van der Waals surface area contributed by atoms with Crippen LogP contribution in [0.1, 0.15) is 12.8 Å². The van der Waals surface area contributed by atoms with E-state index in [0.717, 1.165) is 0 Å². The third-order valence-electron chi connectivity index (χ3n) is 3.94. The van der Waals surface area contributed by atoms with Crippen molar-refractivity contribution in [2.75, 3.05) is 27.2 Å². The number of hydrogen-bond donors (Lipinski definition) is 8. The monoisotopic (exact) mass is 384 g/mol. The smallest absolute Gasteiger partial charge is 0.323 e. The maximum Gasteiger partial charge on any atom is 0.323 e. The molecule has 0 aromatic rings. The van der Waals surface area contributed by atoms with Crippen molar-refractivity contribution in [1.82, 2.24) is 9.80 Å². The standard InChI is InChI=1S/C14H28N2O10/c1-15(11(13(23)24)7(17)5-9(19)20)3-4-16(2)12(14(25)26)8(18)6-10(21)22/h7-9,11-13,17-20,23-24H,3-6H2,1-2H3,(H,21,22)(H,25,26). The highest BCUT2D eigenvalue weighted by molar-refractivity contribution is 5.76. The summed E-state index contributed by atoms with van der Waals surface area (Å²) in [6.45, 7) is -0.0251. The average molecular weight is 384 g/mol. The number of carboxylic acids is 2. The molecule has 0 saturated carbocycles. The van der Waals surface area contributed by atoms with Crippen molar-refractivity contribution in [2.24, 2.45) is 0 Å². The van der Waals surface area contributed by atoms with Crippen LogP contribution in [0.5, 0.6) is 0 Å². The summed E-state index contributed by atoms with van der Waals surface area (Å²) in [5.74, 6) is -2.78. The third kappa shape index (κ3) is 8.33. The van der Waals surface area contributed by atoms with Gasteiger partial charge in [-0.1, -0.05) is 0 Å². The Labute approximate surface area is 150 Å². The predicted octanol–water partition coefficient (Wildman–Crippen LogP) is -4.12. The molecule has 0 aliphatic rings. The van der Waals surface area contributed by atoms with Crippen LogP contribution in [0.3, 0.4) is 0 Å². The molecule has 0 aliphatic heterocycles. The van der Waals surface area contributed by atoms with Crippen molar-refractivity contribution in [1.29, 1.82) is 0 Å². The van der Waals surface area contributed by atoms with Gasteiger partial charge in [0.1, 0.15) is 6.04 Å². The lowest BCUT2D eigenvalue weighted by molar-refractivity contribution is -0.154. The zero-order chi connectivity index (χ0) is 20.6. The SMILES string of the molecule is CN(CCN(C)C(C(O)O)C(O)CC(O)O)C(C(=O)O)C(O)CC(=O)O. The van der Waals surface area contributed by atoms with E-state index in [2.05, 4.69) is 0 Å². The molecule has 154 valence electrons. The molecule has 12 nitrogen and oxygen atoms in total. The molecule has 0 aromatic carbocycles. The van der Waals surface area contributed by atoms with Crippen LogP contribution in [0.15, 0.2) is 0 Å². The number of rotatable bonds is 13. The normalized spacial score (nSPS) is 16.9. The van der Waals surface area contributed by atoms with Crippen molar-refractivity contribution >= 4 is 11.9 Å². The van der Waals surface area contributed by atoms with Gasteiger partial charge in [-0.2, -0.15) is 0 Å². The van der Waals surface area contributed by atoms with E-state index < -0.39 is 61.7 Å². The van der Waals surface area contributed by atoms with Crippen LogP contribution >= 0.6 is 0 Å². The first-order chi connectivity index (χ1) is 11.9.